The van der Waals surface area contributed by atoms with E-state index in [4.69, 9.17) is 31.2 Å². The number of benzene rings is 2. The van der Waals surface area contributed by atoms with Gasteiger partial charge in [0, 0.05) is 17.8 Å². The SMILES string of the molecule is CCCN1C(=S)NC(c2ccc(OC)c(OC)c2)C(c2nc(-c3cccc(C)c3)no2)=C1C. The average Bonchev–Trinajstić information content (AvgIpc) is 3.30. The number of allylic oxidation sites excluding steroid dienone is 1. The third-order valence-electron chi connectivity index (χ3n) is 5.72. The zero-order chi connectivity index (χ0) is 23.5. The molecule has 0 radical (unpaired) electrons. The van der Waals surface area contributed by atoms with Crippen LogP contribution in [-0.2, 0) is 0 Å². The van der Waals surface area contributed by atoms with Gasteiger partial charge in [0.1, 0.15) is 0 Å². The fourth-order valence-electron chi connectivity index (χ4n) is 4.07. The first-order valence-corrected chi connectivity index (χ1v) is 11.3. The van der Waals surface area contributed by atoms with Crippen molar-refractivity contribution in [2.45, 2.75) is 33.2 Å². The van der Waals surface area contributed by atoms with E-state index in [1.807, 2.05) is 56.3 Å². The first-order valence-electron chi connectivity index (χ1n) is 10.9. The zero-order valence-corrected chi connectivity index (χ0v) is 20.3. The zero-order valence-electron chi connectivity index (χ0n) is 19.5. The van der Waals surface area contributed by atoms with Gasteiger partial charge >= 0.3 is 0 Å². The molecule has 0 amide bonds. The highest BCUT2D eigenvalue weighted by Gasteiger charge is 2.34. The highest BCUT2D eigenvalue weighted by Crippen LogP contribution is 2.40. The van der Waals surface area contributed by atoms with E-state index in [2.05, 4.69) is 22.3 Å². The Morgan fingerprint density at radius 1 is 1.09 bits per heavy atom. The molecule has 7 nitrogen and oxygen atoms in total. The van der Waals surface area contributed by atoms with E-state index < -0.39 is 0 Å². The Hall–Kier alpha value is -3.39. The second-order valence-corrected chi connectivity index (χ2v) is 8.33. The molecule has 1 aliphatic heterocycles. The largest absolute Gasteiger partial charge is 0.493 e. The van der Waals surface area contributed by atoms with Gasteiger partial charge in [0.15, 0.2) is 16.6 Å². The number of nitrogens with one attached hydrogen (secondary N) is 1. The maximum atomic E-state index is 5.80. The minimum atomic E-state index is -0.281. The van der Waals surface area contributed by atoms with Gasteiger partial charge in [-0.3, -0.25) is 0 Å². The fraction of sp³-hybridized carbons (Fsp3) is 0.320. The van der Waals surface area contributed by atoms with Crippen LogP contribution in [0.2, 0.25) is 0 Å². The number of aryl methyl sites for hydroxylation is 1. The van der Waals surface area contributed by atoms with Gasteiger partial charge in [-0.1, -0.05) is 41.9 Å². The second kappa shape index (κ2) is 9.62. The van der Waals surface area contributed by atoms with Gasteiger partial charge in [0.2, 0.25) is 5.82 Å². The highest BCUT2D eigenvalue weighted by molar-refractivity contribution is 7.80. The molecule has 1 aliphatic rings. The number of aromatic nitrogens is 2. The molecule has 1 aromatic heterocycles. The van der Waals surface area contributed by atoms with Crippen molar-refractivity contribution < 1.29 is 14.0 Å². The monoisotopic (exact) mass is 464 g/mol. The Bertz CT molecular complexity index is 1200. The number of thiocarbonyl (C=S) groups is 1. The molecule has 0 saturated carbocycles. The lowest BCUT2D eigenvalue weighted by Gasteiger charge is -2.37. The van der Waals surface area contributed by atoms with Crippen molar-refractivity contribution in [3.63, 3.8) is 0 Å². The lowest BCUT2D eigenvalue weighted by molar-refractivity contribution is 0.354. The lowest BCUT2D eigenvalue weighted by Crippen LogP contribution is -2.46. The minimum absolute atomic E-state index is 0.281. The fourth-order valence-corrected chi connectivity index (χ4v) is 4.41. The molecule has 0 spiro atoms. The third-order valence-corrected chi connectivity index (χ3v) is 6.06. The van der Waals surface area contributed by atoms with Gasteiger partial charge in [-0.2, -0.15) is 4.98 Å². The molecule has 2 heterocycles. The van der Waals surface area contributed by atoms with E-state index in [-0.39, 0.29) is 6.04 Å². The van der Waals surface area contributed by atoms with Crippen LogP contribution in [-0.4, -0.2) is 40.9 Å². The summed E-state index contributed by atoms with van der Waals surface area (Å²) in [4.78, 5) is 6.85. The van der Waals surface area contributed by atoms with Gasteiger partial charge in [0.05, 0.1) is 25.8 Å². The summed E-state index contributed by atoms with van der Waals surface area (Å²) in [5.41, 5.74) is 4.87. The molecule has 8 heteroatoms. The molecule has 0 saturated heterocycles. The van der Waals surface area contributed by atoms with Crippen LogP contribution >= 0.6 is 12.2 Å². The number of ether oxygens (including phenoxy) is 2. The van der Waals surface area contributed by atoms with Gasteiger partial charge < -0.3 is 24.2 Å². The molecule has 172 valence electrons. The smallest absolute Gasteiger partial charge is 0.258 e. The maximum absolute atomic E-state index is 5.80. The number of methoxy groups -OCH3 is 2. The van der Waals surface area contributed by atoms with Crippen LogP contribution in [0.4, 0.5) is 0 Å². The molecule has 33 heavy (non-hydrogen) atoms. The Balaban J connectivity index is 1.83. The summed E-state index contributed by atoms with van der Waals surface area (Å²) < 4.78 is 16.7. The van der Waals surface area contributed by atoms with Crippen LogP contribution in [0.25, 0.3) is 17.0 Å². The van der Waals surface area contributed by atoms with Crippen LogP contribution in [0.1, 0.15) is 43.3 Å². The van der Waals surface area contributed by atoms with Crippen LogP contribution in [0.15, 0.2) is 52.7 Å². The van der Waals surface area contributed by atoms with Crippen LogP contribution in [0, 0.1) is 6.92 Å². The topological polar surface area (TPSA) is 72.7 Å². The quantitative estimate of drug-likeness (QED) is 0.482. The number of hydrogen-bond donors (Lipinski definition) is 1. The first-order chi connectivity index (χ1) is 16.0. The van der Waals surface area contributed by atoms with Crippen molar-refractivity contribution >= 4 is 22.9 Å². The molecule has 2 aromatic carbocycles. The lowest BCUT2D eigenvalue weighted by atomic mass is 9.94. The summed E-state index contributed by atoms with van der Waals surface area (Å²) in [5.74, 6) is 2.31. The van der Waals surface area contributed by atoms with Gasteiger partial charge in [-0.05, 0) is 56.2 Å². The van der Waals surface area contributed by atoms with Crippen molar-refractivity contribution in [3.8, 4) is 22.9 Å². The maximum Gasteiger partial charge on any atom is 0.258 e. The summed E-state index contributed by atoms with van der Waals surface area (Å²) in [7, 11) is 3.24. The number of rotatable bonds is 7. The summed E-state index contributed by atoms with van der Waals surface area (Å²) in [5, 5.41) is 8.40. The van der Waals surface area contributed by atoms with Crippen LogP contribution in [0.3, 0.4) is 0 Å². The Kier molecular flexibility index (Phi) is 6.65. The van der Waals surface area contributed by atoms with Gasteiger partial charge in [0.25, 0.3) is 5.89 Å². The van der Waals surface area contributed by atoms with E-state index in [0.29, 0.717) is 28.3 Å². The Morgan fingerprint density at radius 2 is 1.88 bits per heavy atom. The van der Waals surface area contributed by atoms with Crippen LogP contribution in [0.5, 0.6) is 11.5 Å². The van der Waals surface area contributed by atoms with Crippen molar-refractivity contribution in [1.29, 1.82) is 0 Å². The summed E-state index contributed by atoms with van der Waals surface area (Å²) in [6.07, 6.45) is 0.950. The predicted octanol–water partition coefficient (Wildman–Crippen LogP) is 5.13. The Labute approximate surface area is 199 Å². The van der Waals surface area contributed by atoms with Crippen molar-refractivity contribution in [1.82, 2.24) is 20.4 Å². The molecule has 3 aromatic rings. The molecule has 0 fully saturated rings. The molecule has 1 atom stereocenters. The van der Waals surface area contributed by atoms with E-state index >= 15 is 0 Å². The molecular formula is C25H28N4O3S. The van der Waals surface area contributed by atoms with Crippen molar-refractivity contribution in [2.75, 3.05) is 20.8 Å². The van der Waals surface area contributed by atoms with Gasteiger partial charge in [-0.25, -0.2) is 0 Å². The standard InChI is InChI=1S/C25H28N4O3S/c1-6-12-29-16(3)21(24-27-23(28-32-24)18-9-7-8-15(2)13-18)22(26-25(29)33)17-10-11-19(30-4)20(14-17)31-5/h7-11,13-14,22H,6,12H2,1-5H3,(H,26,33). The normalized spacial score (nSPS) is 16.1. The predicted molar refractivity (Wildman–Crippen MR) is 132 cm³/mol. The first kappa shape index (κ1) is 22.8. The second-order valence-electron chi connectivity index (χ2n) is 7.94. The minimum Gasteiger partial charge on any atom is -0.493 e. The molecule has 0 bridgehead atoms. The molecular weight excluding hydrogens is 436 g/mol. The third kappa shape index (κ3) is 4.43. The molecule has 0 aliphatic carbocycles. The Morgan fingerprint density at radius 3 is 2.58 bits per heavy atom. The molecule has 1 unspecified atom stereocenters. The molecule has 1 N–H and O–H groups in total. The summed E-state index contributed by atoms with van der Waals surface area (Å²) in [6.45, 7) is 7.00. The van der Waals surface area contributed by atoms with E-state index in [0.717, 1.165) is 40.9 Å². The van der Waals surface area contributed by atoms with Crippen LogP contribution < -0.4 is 14.8 Å². The highest BCUT2D eigenvalue weighted by atomic mass is 32.1. The molecule has 4 rings (SSSR count). The van der Waals surface area contributed by atoms with Crippen molar-refractivity contribution in [2.24, 2.45) is 0 Å². The summed E-state index contributed by atoms with van der Waals surface area (Å²) >= 11 is 5.71. The van der Waals surface area contributed by atoms with Gasteiger partial charge in [-0.15, -0.1) is 0 Å². The van der Waals surface area contributed by atoms with E-state index in [1.54, 1.807) is 14.2 Å². The van der Waals surface area contributed by atoms with E-state index in [1.165, 1.54) is 0 Å². The summed E-state index contributed by atoms with van der Waals surface area (Å²) in [6, 6.07) is 13.6. The number of nitrogens with zero attached hydrogens (tertiary/aromatic N) is 3. The van der Waals surface area contributed by atoms with E-state index in [9.17, 15) is 0 Å². The van der Waals surface area contributed by atoms with Crippen molar-refractivity contribution in [3.05, 3.63) is 65.2 Å². The number of hydrogen-bond acceptors (Lipinski definition) is 6. The average molecular weight is 465 g/mol.